The highest BCUT2D eigenvalue weighted by Gasteiger charge is 2.22. The van der Waals surface area contributed by atoms with Crippen molar-refractivity contribution in [1.29, 1.82) is 0 Å². The molecule has 0 saturated carbocycles. The average molecular weight is 536 g/mol. The molecule has 0 unspecified atom stereocenters. The Kier molecular flexibility index (Phi) is 8.22. The molecule has 2 N–H and O–H groups in total. The molecule has 0 aromatic heterocycles. The number of rotatable bonds is 9. The molecule has 0 aliphatic rings. The topological polar surface area (TPSA) is 113 Å². The second kappa shape index (κ2) is 10.8. The van der Waals surface area contributed by atoms with E-state index in [1.807, 2.05) is 6.92 Å². The van der Waals surface area contributed by atoms with Crippen molar-refractivity contribution in [2.24, 2.45) is 0 Å². The molecule has 8 nitrogen and oxygen atoms in total. The Balaban J connectivity index is 1.79. The minimum absolute atomic E-state index is 0.0515. The molecule has 0 fully saturated rings. The zero-order valence-electron chi connectivity index (χ0n) is 19.4. The van der Waals surface area contributed by atoms with Gasteiger partial charge in [-0.3, -0.25) is 9.52 Å². The van der Waals surface area contributed by atoms with Crippen molar-refractivity contribution in [2.75, 3.05) is 23.1 Å². The van der Waals surface area contributed by atoms with Gasteiger partial charge in [-0.15, -0.1) is 0 Å². The lowest BCUT2D eigenvalue weighted by Gasteiger charge is -2.18. The van der Waals surface area contributed by atoms with Crippen LogP contribution in [0.1, 0.15) is 29.8 Å². The number of aryl methyl sites for hydroxylation is 1. The highest BCUT2D eigenvalue weighted by Crippen LogP contribution is 2.25. The third kappa shape index (κ3) is 6.21. The molecule has 3 aromatic rings. The van der Waals surface area contributed by atoms with E-state index >= 15 is 0 Å². The number of hydrogen-bond donors (Lipinski definition) is 2. The smallest absolute Gasteiger partial charge is 0.261 e. The number of carbonyl (C=O) groups is 1. The molecule has 3 rings (SSSR count). The first kappa shape index (κ1) is 26.7. The summed E-state index contributed by atoms with van der Waals surface area (Å²) in [7, 11) is -7.48. The molecule has 11 heteroatoms. The van der Waals surface area contributed by atoms with E-state index in [0.29, 0.717) is 18.8 Å². The van der Waals surface area contributed by atoms with Gasteiger partial charge in [0.1, 0.15) is 0 Å². The van der Waals surface area contributed by atoms with Gasteiger partial charge in [0, 0.05) is 24.5 Å². The van der Waals surface area contributed by atoms with Gasteiger partial charge in [0.15, 0.2) is 0 Å². The fourth-order valence-electron chi connectivity index (χ4n) is 3.32. The molecule has 35 heavy (non-hydrogen) atoms. The maximum atomic E-state index is 12.8. The molecule has 0 spiro atoms. The maximum Gasteiger partial charge on any atom is 0.261 e. The predicted molar refractivity (Wildman–Crippen MR) is 138 cm³/mol. The Labute approximate surface area is 211 Å². The number of amides is 1. The standard InChI is InChI=1S/C24H26ClN3O5S2/c1-4-28(5-2)35(32,33)21-13-8-18(9-14-21)26-24(29)22-16-19(10-15-23(22)25)27-34(30,31)20-11-6-17(3)7-12-20/h6-16,27H,4-5H2,1-3H3,(H,26,29). The summed E-state index contributed by atoms with van der Waals surface area (Å²) in [5, 5.41) is 2.78. The van der Waals surface area contributed by atoms with Crippen LogP contribution in [-0.4, -0.2) is 40.1 Å². The van der Waals surface area contributed by atoms with Crippen LogP contribution in [0, 0.1) is 6.92 Å². The van der Waals surface area contributed by atoms with Gasteiger partial charge in [-0.05, 0) is 61.5 Å². The summed E-state index contributed by atoms with van der Waals surface area (Å²) in [5.74, 6) is -0.578. The third-order valence-electron chi connectivity index (χ3n) is 5.25. The maximum absolute atomic E-state index is 12.8. The van der Waals surface area contributed by atoms with E-state index in [4.69, 9.17) is 11.6 Å². The SMILES string of the molecule is CCN(CC)S(=O)(=O)c1ccc(NC(=O)c2cc(NS(=O)(=O)c3ccc(C)cc3)ccc2Cl)cc1. The lowest BCUT2D eigenvalue weighted by atomic mass is 10.2. The number of halogens is 1. The van der Waals surface area contributed by atoms with Crippen molar-refractivity contribution in [2.45, 2.75) is 30.6 Å². The van der Waals surface area contributed by atoms with E-state index in [1.165, 1.54) is 58.9 Å². The van der Waals surface area contributed by atoms with Crippen LogP contribution in [-0.2, 0) is 20.0 Å². The van der Waals surface area contributed by atoms with Crippen LogP contribution in [0.15, 0.2) is 76.5 Å². The van der Waals surface area contributed by atoms with Crippen molar-refractivity contribution in [3.63, 3.8) is 0 Å². The van der Waals surface area contributed by atoms with Crippen molar-refractivity contribution < 1.29 is 21.6 Å². The van der Waals surface area contributed by atoms with E-state index < -0.39 is 26.0 Å². The Morgan fingerprint density at radius 2 is 1.37 bits per heavy atom. The first-order valence-electron chi connectivity index (χ1n) is 10.8. The van der Waals surface area contributed by atoms with Crippen molar-refractivity contribution >= 4 is 48.9 Å². The quantitative estimate of drug-likeness (QED) is 0.411. The summed E-state index contributed by atoms with van der Waals surface area (Å²) >= 11 is 6.19. The number of nitrogens with zero attached hydrogens (tertiary/aromatic N) is 1. The van der Waals surface area contributed by atoms with Crippen molar-refractivity contribution in [1.82, 2.24) is 4.31 Å². The first-order valence-corrected chi connectivity index (χ1v) is 14.1. The van der Waals surface area contributed by atoms with E-state index in [1.54, 1.807) is 26.0 Å². The van der Waals surface area contributed by atoms with Gasteiger partial charge in [0.05, 0.1) is 20.4 Å². The molecule has 3 aromatic carbocycles. The van der Waals surface area contributed by atoms with Crippen molar-refractivity contribution in [3.8, 4) is 0 Å². The second-order valence-corrected chi connectivity index (χ2v) is 11.7. The molecule has 0 aliphatic carbocycles. The summed E-state index contributed by atoms with van der Waals surface area (Å²) in [6.07, 6.45) is 0. The molecule has 0 heterocycles. The zero-order valence-corrected chi connectivity index (χ0v) is 21.8. The molecular weight excluding hydrogens is 510 g/mol. The third-order valence-corrected chi connectivity index (χ3v) is 9.04. The molecule has 0 atom stereocenters. The van der Waals surface area contributed by atoms with Gasteiger partial charge in [0.2, 0.25) is 10.0 Å². The zero-order chi connectivity index (χ0) is 25.8. The van der Waals surface area contributed by atoms with Gasteiger partial charge >= 0.3 is 0 Å². The molecule has 186 valence electrons. The summed E-state index contributed by atoms with van der Waals surface area (Å²) in [6.45, 7) is 6.06. The summed E-state index contributed by atoms with van der Waals surface area (Å²) in [5.41, 5.74) is 1.50. The Hall–Kier alpha value is -2.92. The monoisotopic (exact) mass is 535 g/mol. The van der Waals surface area contributed by atoms with E-state index in [2.05, 4.69) is 10.0 Å². The van der Waals surface area contributed by atoms with Gasteiger partial charge in [-0.2, -0.15) is 4.31 Å². The Bertz CT molecular complexity index is 1420. The average Bonchev–Trinajstić information content (AvgIpc) is 2.81. The lowest BCUT2D eigenvalue weighted by Crippen LogP contribution is -2.30. The van der Waals surface area contributed by atoms with Crippen LogP contribution >= 0.6 is 11.6 Å². The van der Waals surface area contributed by atoms with E-state index in [-0.39, 0.29) is 26.1 Å². The van der Waals surface area contributed by atoms with Gasteiger partial charge in [0.25, 0.3) is 15.9 Å². The number of benzene rings is 3. The lowest BCUT2D eigenvalue weighted by molar-refractivity contribution is 0.102. The van der Waals surface area contributed by atoms with Gasteiger partial charge in [-0.1, -0.05) is 43.1 Å². The summed E-state index contributed by atoms with van der Waals surface area (Å²) < 4.78 is 54.4. The summed E-state index contributed by atoms with van der Waals surface area (Å²) in [4.78, 5) is 13.0. The largest absolute Gasteiger partial charge is 0.322 e. The van der Waals surface area contributed by atoms with Crippen LogP contribution in [0.25, 0.3) is 0 Å². The summed E-state index contributed by atoms with van der Waals surface area (Å²) in [6, 6.07) is 16.4. The number of anilines is 2. The Morgan fingerprint density at radius 3 is 1.94 bits per heavy atom. The number of carbonyl (C=O) groups excluding carboxylic acids is 1. The molecule has 0 saturated heterocycles. The first-order chi connectivity index (χ1) is 16.5. The van der Waals surface area contributed by atoms with E-state index in [9.17, 15) is 21.6 Å². The van der Waals surface area contributed by atoms with Gasteiger partial charge < -0.3 is 5.32 Å². The minimum atomic E-state index is -3.86. The Morgan fingerprint density at radius 1 is 0.829 bits per heavy atom. The van der Waals surface area contributed by atoms with Crippen LogP contribution in [0.5, 0.6) is 0 Å². The van der Waals surface area contributed by atoms with Crippen LogP contribution in [0.3, 0.4) is 0 Å². The highest BCUT2D eigenvalue weighted by atomic mass is 35.5. The fraction of sp³-hybridized carbons (Fsp3) is 0.208. The van der Waals surface area contributed by atoms with E-state index in [0.717, 1.165) is 5.56 Å². The normalized spacial score (nSPS) is 11.9. The van der Waals surface area contributed by atoms with Gasteiger partial charge in [-0.25, -0.2) is 16.8 Å². The number of nitrogens with one attached hydrogen (secondary N) is 2. The predicted octanol–water partition coefficient (Wildman–Crippen LogP) is 4.73. The highest BCUT2D eigenvalue weighted by molar-refractivity contribution is 7.92. The van der Waals surface area contributed by atoms with Crippen LogP contribution in [0.4, 0.5) is 11.4 Å². The van der Waals surface area contributed by atoms with Crippen molar-refractivity contribution in [3.05, 3.63) is 82.9 Å². The number of sulfonamides is 2. The second-order valence-electron chi connectivity index (χ2n) is 7.68. The molecular formula is C24H26ClN3O5S2. The number of hydrogen-bond acceptors (Lipinski definition) is 5. The van der Waals surface area contributed by atoms with Crippen LogP contribution < -0.4 is 10.0 Å². The molecule has 1 amide bonds. The fourth-order valence-corrected chi connectivity index (χ4v) is 6.03. The minimum Gasteiger partial charge on any atom is -0.322 e. The molecule has 0 radical (unpaired) electrons. The van der Waals surface area contributed by atoms with Crippen LogP contribution in [0.2, 0.25) is 5.02 Å². The molecule has 0 bridgehead atoms. The molecule has 0 aliphatic heterocycles.